The summed E-state index contributed by atoms with van der Waals surface area (Å²) in [5.74, 6) is 0. The molecule has 13 heteroatoms. The number of anilines is 1. The van der Waals surface area contributed by atoms with Gasteiger partial charge in [-0.1, -0.05) is 23.7 Å². The van der Waals surface area contributed by atoms with Crippen LogP contribution in [0, 0.1) is 0 Å². The Morgan fingerprint density at radius 3 is 2.58 bits per heavy atom. The minimum atomic E-state index is -1.09. The molecule has 6 rings (SSSR count). The summed E-state index contributed by atoms with van der Waals surface area (Å²) in [5.41, 5.74) is 4.29. The van der Waals surface area contributed by atoms with Gasteiger partial charge in [-0.2, -0.15) is 9.78 Å². The van der Waals surface area contributed by atoms with Gasteiger partial charge in [0.05, 0.1) is 23.0 Å². The standard InChI is InChI=1S/C27H21ClN8O4/c1-34(27(39)40)18-5-2-15(3-6-18)21-13-22(30-31-26(21)38)24-9-7-19-10-16(11-25(37)36(19)24)20-12-17(28)4-8-23(20)35-14-29-32-33-35/h2-6,8,10-14,24H,7,9H2,1H3,(H,31,38)(H,39,40). The topological polar surface area (TPSA) is 152 Å². The number of amides is 1. The second-order valence-electron chi connectivity index (χ2n) is 9.34. The minimum absolute atomic E-state index is 0.215. The quantitative estimate of drug-likeness (QED) is 0.333. The summed E-state index contributed by atoms with van der Waals surface area (Å²) >= 11 is 6.29. The third-order valence-corrected chi connectivity index (χ3v) is 7.25. The molecule has 0 spiro atoms. The highest BCUT2D eigenvalue weighted by molar-refractivity contribution is 6.31. The number of fused-ring (bicyclic) bond motifs is 1. The van der Waals surface area contributed by atoms with E-state index in [4.69, 9.17) is 11.6 Å². The first-order valence-electron chi connectivity index (χ1n) is 12.3. The molecule has 1 atom stereocenters. The van der Waals surface area contributed by atoms with Crippen LogP contribution in [0.15, 0.2) is 76.6 Å². The van der Waals surface area contributed by atoms with Crippen molar-refractivity contribution in [3.63, 3.8) is 0 Å². The first-order valence-corrected chi connectivity index (χ1v) is 12.6. The van der Waals surface area contributed by atoms with Crippen LogP contribution in [0.1, 0.15) is 23.9 Å². The van der Waals surface area contributed by atoms with Crippen molar-refractivity contribution < 1.29 is 9.90 Å². The molecule has 1 aliphatic rings. The Morgan fingerprint density at radius 1 is 1.05 bits per heavy atom. The van der Waals surface area contributed by atoms with Crippen molar-refractivity contribution >= 4 is 23.4 Å². The van der Waals surface area contributed by atoms with Crippen LogP contribution >= 0.6 is 11.6 Å². The number of rotatable bonds is 5. The van der Waals surface area contributed by atoms with Gasteiger partial charge < -0.3 is 9.67 Å². The van der Waals surface area contributed by atoms with Crippen LogP contribution in [0.2, 0.25) is 5.02 Å². The van der Waals surface area contributed by atoms with E-state index >= 15 is 0 Å². The number of halogens is 1. The summed E-state index contributed by atoms with van der Waals surface area (Å²) in [6.07, 6.45) is 1.63. The van der Waals surface area contributed by atoms with Gasteiger partial charge in [0.2, 0.25) is 0 Å². The normalized spacial score (nSPS) is 14.2. The zero-order chi connectivity index (χ0) is 28.0. The van der Waals surface area contributed by atoms with E-state index in [1.165, 1.54) is 18.1 Å². The highest BCUT2D eigenvalue weighted by atomic mass is 35.5. The monoisotopic (exact) mass is 556 g/mol. The Bertz CT molecular complexity index is 1870. The van der Waals surface area contributed by atoms with Gasteiger partial charge >= 0.3 is 6.09 Å². The van der Waals surface area contributed by atoms with Crippen LogP contribution in [-0.2, 0) is 6.42 Å². The van der Waals surface area contributed by atoms with Crippen molar-refractivity contribution in [1.29, 1.82) is 0 Å². The van der Waals surface area contributed by atoms with E-state index in [0.717, 1.165) is 10.6 Å². The van der Waals surface area contributed by atoms with Gasteiger partial charge in [0, 0.05) is 35.1 Å². The van der Waals surface area contributed by atoms with Gasteiger partial charge in [0.25, 0.3) is 11.1 Å². The molecule has 1 aliphatic heterocycles. The van der Waals surface area contributed by atoms with Gasteiger partial charge in [0.15, 0.2) is 0 Å². The summed E-state index contributed by atoms with van der Waals surface area (Å²) in [5, 5.41) is 27.9. The number of benzene rings is 2. The zero-order valence-electron chi connectivity index (χ0n) is 21.0. The third kappa shape index (κ3) is 4.43. The molecule has 40 heavy (non-hydrogen) atoms. The number of aromatic nitrogens is 7. The Morgan fingerprint density at radius 2 is 1.85 bits per heavy atom. The van der Waals surface area contributed by atoms with Crippen LogP contribution in [0.5, 0.6) is 0 Å². The summed E-state index contributed by atoms with van der Waals surface area (Å²) in [7, 11) is 1.44. The molecule has 0 bridgehead atoms. The van der Waals surface area contributed by atoms with E-state index in [0.29, 0.717) is 57.2 Å². The number of nitrogens with one attached hydrogen (secondary N) is 1. The number of hydrogen-bond acceptors (Lipinski definition) is 7. The number of tetrazole rings is 1. The van der Waals surface area contributed by atoms with Crippen LogP contribution < -0.4 is 16.0 Å². The maximum atomic E-state index is 13.5. The minimum Gasteiger partial charge on any atom is -0.465 e. The number of carboxylic acid groups (broad SMARTS) is 1. The number of pyridine rings is 1. The summed E-state index contributed by atoms with van der Waals surface area (Å²) in [4.78, 5) is 38.5. The second kappa shape index (κ2) is 9.89. The summed E-state index contributed by atoms with van der Waals surface area (Å²) in [6.45, 7) is 0. The molecule has 12 nitrogen and oxygen atoms in total. The lowest BCUT2D eigenvalue weighted by atomic mass is 10.0. The van der Waals surface area contributed by atoms with Crippen LogP contribution in [0.25, 0.3) is 27.9 Å². The van der Waals surface area contributed by atoms with Crippen molar-refractivity contribution in [2.75, 3.05) is 11.9 Å². The lowest BCUT2D eigenvalue weighted by Crippen LogP contribution is -2.25. The average Bonchev–Trinajstić information content (AvgIpc) is 3.64. The number of hydrogen-bond donors (Lipinski definition) is 2. The van der Waals surface area contributed by atoms with Crippen LogP contribution in [0.3, 0.4) is 0 Å². The van der Waals surface area contributed by atoms with E-state index in [1.807, 2.05) is 6.07 Å². The van der Waals surface area contributed by atoms with E-state index in [1.54, 1.807) is 59.2 Å². The largest absolute Gasteiger partial charge is 0.465 e. The van der Waals surface area contributed by atoms with E-state index in [2.05, 4.69) is 25.7 Å². The lowest BCUT2D eigenvalue weighted by molar-refractivity contribution is 0.203. The van der Waals surface area contributed by atoms with E-state index < -0.39 is 6.09 Å². The molecule has 200 valence electrons. The van der Waals surface area contributed by atoms with Gasteiger partial charge in [-0.3, -0.25) is 14.5 Å². The maximum Gasteiger partial charge on any atom is 0.411 e. The third-order valence-electron chi connectivity index (χ3n) is 7.02. The first kappa shape index (κ1) is 25.2. The molecule has 0 saturated heterocycles. The fourth-order valence-electron chi connectivity index (χ4n) is 5.02. The lowest BCUT2D eigenvalue weighted by Gasteiger charge is -2.16. The molecular formula is C27H21ClN8O4. The zero-order valence-corrected chi connectivity index (χ0v) is 21.8. The molecule has 0 saturated carbocycles. The summed E-state index contributed by atoms with van der Waals surface area (Å²) in [6, 6.07) is 16.7. The van der Waals surface area contributed by atoms with E-state index in [-0.39, 0.29) is 17.2 Å². The van der Waals surface area contributed by atoms with Crippen LogP contribution in [0.4, 0.5) is 10.5 Å². The fourth-order valence-corrected chi connectivity index (χ4v) is 5.20. The molecule has 0 fully saturated rings. The number of H-pyrrole nitrogens is 1. The SMILES string of the molecule is CN(C(=O)O)c1ccc(-c2cc(C3CCc4cc(-c5cc(Cl)ccc5-n5cnnn5)cc(=O)n43)n[nH]c2=O)cc1. The Balaban J connectivity index is 1.37. The predicted molar refractivity (Wildman–Crippen MR) is 147 cm³/mol. The molecule has 0 radical (unpaired) electrons. The highest BCUT2D eigenvalue weighted by Crippen LogP contribution is 2.34. The van der Waals surface area contributed by atoms with Gasteiger partial charge in [0.1, 0.15) is 6.33 Å². The van der Waals surface area contributed by atoms with Gasteiger partial charge in [-0.05, 0) is 76.9 Å². The van der Waals surface area contributed by atoms with Crippen molar-refractivity contribution in [1.82, 2.24) is 35.0 Å². The van der Waals surface area contributed by atoms with Gasteiger partial charge in [-0.15, -0.1) is 5.10 Å². The molecule has 3 aromatic heterocycles. The molecule has 5 aromatic rings. The maximum absolute atomic E-state index is 13.5. The smallest absolute Gasteiger partial charge is 0.411 e. The molecule has 2 N–H and O–H groups in total. The number of carbonyl (C=O) groups is 1. The Kier molecular flexibility index (Phi) is 6.23. The highest BCUT2D eigenvalue weighted by Gasteiger charge is 2.28. The molecule has 0 aliphatic carbocycles. The number of nitrogens with zero attached hydrogens (tertiary/aromatic N) is 7. The van der Waals surface area contributed by atoms with Crippen molar-refractivity contribution in [2.45, 2.75) is 18.9 Å². The summed E-state index contributed by atoms with van der Waals surface area (Å²) < 4.78 is 3.21. The molecule has 1 unspecified atom stereocenters. The van der Waals surface area contributed by atoms with Crippen molar-refractivity contribution in [2.24, 2.45) is 0 Å². The van der Waals surface area contributed by atoms with Crippen LogP contribution in [-0.4, -0.2) is 53.2 Å². The predicted octanol–water partition coefficient (Wildman–Crippen LogP) is 3.54. The van der Waals surface area contributed by atoms with E-state index in [9.17, 15) is 19.5 Å². The average molecular weight is 557 g/mol. The van der Waals surface area contributed by atoms with Crippen molar-refractivity contribution in [3.8, 4) is 27.9 Å². The molecule has 4 heterocycles. The fraction of sp³-hybridized carbons (Fsp3) is 0.148. The molecule has 2 aromatic carbocycles. The number of aryl methyl sites for hydroxylation is 1. The van der Waals surface area contributed by atoms with Gasteiger partial charge in [-0.25, -0.2) is 9.89 Å². The first-order chi connectivity index (χ1) is 19.3. The Labute approximate surface area is 231 Å². The number of aromatic amines is 1. The molecule has 1 amide bonds. The van der Waals surface area contributed by atoms with Crippen molar-refractivity contribution in [3.05, 3.63) is 104 Å². The second-order valence-corrected chi connectivity index (χ2v) is 9.77. The molecular weight excluding hydrogens is 536 g/mol. The Hall–Kier alpha value is -5.10.